The summed E-state index contributed by atoms with van der Waals surface area (Å²) in [7, 11) is 0. The van der Waals surface area contributed by atoms with E-state index in [1.165, 1.54) is 5.56 Å². The van der Waals surface area contributed by atoms with E-state index in [9.17, 15) is 9.59 Å². The van der Waals surface area contributed by atoms with Crippen LogP contribution in [0.3, 0.4) is 0 Å². The number of hydrazine groups is 1. The van der Waals surface area contributed by atoms with Crippen molar-refractivity contribution >= 4 is 17.8 Å². The van der Waals surface area contributed by atoms with Gasteiger partial charge in [-0.15, -0.1) is 0 Å². The molecular formula is C21H30N6O2. The zero-order valence-corrected chi connectivity index (χ0v) is 17.7. The van der Waals surface area contributed by atoms with E-state index in [-0.39, 0.29) is 17.4 Å². The molecule has 3 amide bonds. The Morgan fingerprint density at radius 3 is 2.45 bits per heavy atom. The van der Waals surface area contributed by atoms with Crippen LogP contribution in [-0.2, 0) is 18.4 Å². The number of amides is 3. The number of primary amides is 1. The molecule has 0 fully saturated rings. The lowest BCUT2D eigenvalue weighted by Gasteiger charge is -2.38. The first kappa shape index (κ1) is 20.9. The number of H-pyrrole nitrogens is 1. The number of anilines is 1. The summed E-state index contributed by atoms with van der Waals surface area (Å²) in [5.74, 6) is 0.273. The van der Waals surface area contributed by atoms with Crippen molar-refractivity contribution in [3.05, 3.63) is 46.6 Å². The molecule has 2 aromatic rings. The van der Waals surface area contributed by atoms with E-state index in [2.05, 4.69) is 36.3 Å². The molecule has 2 heterocycles. The molecule has 0 aliphatic carbocycles. The Bertz CT molecular complexity index is 895. The first-order chi connectivity index (χ1) is 13.6. The van der Waals surface area contributed by atoms with E-state index in [1.807, 2.05) is 43.1 Å². The quantitative estimate of drug-likeness (QED) is 0.736. The molecule has 1 aliphatic heterocycles. The van der Waals surface area contributed by atoms with Crippen LogP contribution in [0.4, 0.5) is 10.6 Å². The van der Waals surface area contributed by atoms with Crippen molar-refractivity contribution < 1.29 is 9.59 Å². The zero-order chi connectivity index (χ0) is 21.3. The van der Waals surface area contributed by atoms with Crippen LogP contribution in [0.2, 0.25) is 0 Å². The lowest BCUT2D eigenvalue weighted by molar-refractivity contribution is -0.0176. The summed E-state index contributed by atoms with van der Waals surface area (Å²) in [5.41, 5.74) is 9.17. The number of aromatic amines is 1. The molecule has 156 valence electrons. The number of hydrogen-bond donors (Lipinski definition) is 3. The smallest absolute Gasteiger partial charge is 0.329 e. The van der Waals surface area contributed by atoms with Crippen molar-refractivity contribution in [3.63, 3.8) is 0 Å². The minimum absolute atomic E-state index is 0.0302. The number of aromatic nitrogens is 2. The highest BCUT2D eigenvalue weighted by atomic mass is 16.2. The summed E-state index contributed by atoms with van der Waals surface area (Å²) in [4.78, 5) is 24.6. The van der Waals surface area contributed by atoms with E-state index >= 15 is 0 Å². The standard InChI is InChI=1S/C21H30N6O2/c1-13(2)27(20(22)29)26-11-10-17-16(12-26)18(25-24-17)23-19(28)14-6-8-15(9-7-14)21(3,4)5/h6-9,13H,10-12H2,1-5H3,(H2,22,29)(H2,23,24,25,28). The fourth-order valence-corrected chi connectivity index (χ4v) is 3.59. The lowest BCUT2D eigenvalue weighted by Crippen LogP contribution is -2.54. The molecule has 0 spiro atoms. The fraction of sp³-hybridized carbons (Fsp3) is 0.476. The number of nitrogens with one attached hydrogen (secondary N) is 2. The number of nitrogens with two attached hydrogens (primary N) is 1. The largest absolute Gasteiger partial charge is 0.350 e. The number of rotatable bonds is 4. The van der Waals surface area contributed by atoms with Gasteiger partial charge in [0, 0.05) is 42.4 Å². The van der Waals surface area contributed by atoms with Crippen molar-refractivity contribution in [2.24, 2.45) is 5.73 Å². The molecule has 0 bridgehead atoms. The highest BCUT2D eigenvalue weighted by Gasteiger charge is 2.29. The predicted molar refractivity (Wildman–Crippen MR) is 112 cm³/mol. The average molecular weight is 399 g/mol. The molecule has 1 aliphatic rings. The van der Waals surface area contributed by atoms with E-state index in [4.69, 9.17) is 5.73 Å². The van der Waals surface area contributed by atoms with E-state index in [1.54, 1.807) is 5.01 Å². The number of urea groups is 1. The van der Waals surface area contributed by atoms with Gasteiger partial charge in [-0.05, 0) is 37.0 Å². The van der Waals surface area contributed by atoms with Crippen LogP contribution in [0.5, 0.6) is 0 Å². The number of benzene rings is 1. The monoisotopic (exact) mass is 398 g/mol. The number of carbonyl (C=O) groups is 2. The molecule has 0 radical (unpaired) electrons. The van der Waals surface area contributed by atoms with Gasteiger partial charge in [-0.25, -0.2) is 9.80 Å². The number of nitrogens with zero attached hydrogens (tertiary/aromatic N) is 3. The van der Waals surface area contributed by atoms with Crippen LogP contribution in [-0.4, -0.2) is 44.7 Å². The van der Waals surface area contributed by atoms with E-state index < -0.39 is 6.03 Å². The van der Waals surface area contributed by atoms with Crippen molar-refractivity contribution in [1.29, 1.82) is 0 Å². The summed E-state index contributed by atoms with van der Waals surface area (Å²) in [6, 6.07) is 7.06. The van der Waals surface area contributed by atoms with Gasteiger partial charge < -0.3 is 11.1 Å². The fourth-order valence-electron chi connectivity index (χ4n) is 3.59. The average Bonchev–Trinajstić information content (AvgIpc) is 3.03. The molecule has 3 rings (SSSR count). The second kappa shape index (κ2) is 7.87. The second-order valence-electron chi connectivity index (χ2n) is 8.73. The van der Waals surface area contributed by atoms with Crippen LogP contribution >= 0.6 is 0 Å². The van der Waals surface area contributed by atoms with Gasteiger partial charge in [0.2, 0.25) is 0 Å². The molecule has 0 unspecified atom stereocenters. The van der Waals surface area contributed by atoms with Crippen molar-refractivity contribution in [2.45, 2.75) is 59.0 Å². The Morgan fingerprint density at radius 1 is 1.24 bits per heavy atom. The predicted octanol–water partition coefficient (Wildman–Crippen LogP) is 3.02. The molecule has 1 aromatic heterocycles. The molecule has 29 heavy (non-hydrogen) atoms. The Kier molecular flexibility index (Phi) is 5.66. The summed E-state index contributed by atoms with van der Waals surface area (Å²) in [5, 5.41) is 13.6. The Hall–Kier alpha value is -2.87. The maximum Gasteiger partial charge on any atom is 0.329 e. The van der Waals surface area contributed by atoms with Gasteiger partial charge in [-0.3, -0.25) is 14.9 Å². The van der Waals surface area contributed by atoms with Crippen LogP contribution in [0.15, 0.2) is 24.3 Å². The number of carbonyl (C=O) groups excluding carboxylic acids is 2. The van der Waals surface area contributed by atoms with Crippen molar-refractivity contribution in [3.8, 4) is 0 Å². The van der Waals surface area contributed by atoms with Crippen molar-refractivity contribution in [2.75, 3.05) is 11.9 Å². The van der Waals surface area contributed by atoms with Crippen LogP contribution in [0.1, 0.15) is 61.8 Å². The SMILES string of the molecule is CC(C)N(C(N)=O)N1CCc2[nH]nc(NC(=O)c3ccc(C(C)(C)C)cc3)c2C1. The Labute approximate surface area is 171 Å². The highest BCUT2D eigenvalue weighted by Crippen LogP contribution is 2.27. The molecule has 8 heteroatoms. The highest BCUT2D eigenvalue weighted by molar-refractivity contribution is 6.04. The maximum absolute atomic E-state index is 12.7. The van der Waals surface area contributed by atoms with Gasteiger partial charge in [-0.1, -0.05) is 32.9 Å². The molecule has 1 aromatic carbocycles. The van der Waals surface area contributed by atoms with Crippen molar-refractivity contribution in [1.82, 2.24) is 20.2 Å². The first-order valence-electron chi connectivity index (χ1n) is 9.89. The Morgan fingerprint density at radius 2 is 1.90 bits per heavy atom. The van der Waals surface area contributed by atoms with Gasteiger partial charge in [-0.2, -0.15) is 5.10 Å². The van der Waals surface area contributed by atoms with E-state index in [0.717, 1.165) is 11.3 Å². The van der Waals surface area contributed by atoms with Gasteiger partial charge >= 0.3 is 6.03 Å². The second-order valence-corrected chi connectivity index (χ2v) is 8.73. The minimum Gasteiger partial charge on any atom is -0.350 e. The summed E-state index contributed by atoms with van der Waals surface area (Å²) in [6.45, 7) is 11.3. The summed E-state index contributed by atoms with van der Waals surface area (Å²) < 4.78 is 0. The lowest BCUT2D eigenvalue weighted by atomic mass is 9.87. The molecule has 8 nitrogen and oxygen atoms in total. The summed E-state index contributed by atoms with van der Waals surface area (Å²) >= 11 is 0. The number of hydrogen-bond acceptors (Lipinski definition) is 4. The normalized spacial score (nSPS) is 14.6. The van der Waals surface area contributed by atoms with Crippen LogP contribution in [0.25, 0.3) is 0 Å². The molecule has 0 atom stereocenters. The first-order valence-corrected chi connectivity index (χ1v) is 9.89. The molecule has 0 saturated heterocycles. The molecular weight excluding hydrogens is 368 g/mol. The molecule has 4 N–H and O–H groups in total. The van der Waals surface area contributed by atoms with Gasteiger partial charge in [0.15, 0.2) is 5.82 Å². The van der Waals surface area contributed by atoms with Crippen LogP contribution in [0, 0.1) is 0 Å². The third kappa shape index (κ3) is 4.42. The van der Waals surface area contributed by atoms with Gasteiger partial charge in [0.05, 0.1) is 0 Å². The third-order valence-corrected chi connectivity index (χ3v) is 5.18. The summed E-state index contributed by atoms with van der Waals surface area (Å²) in [6.07, 6.45) is 0.689. The maximum atomic E-state index is 12.7. The van der Waals surface area contributed by atoms with Gasteiger partial charge in [0.1, 0.15) is 0 Å². The van der Waals surface area contributed by atoms with Crippen LogP contribution < -0.4 is 11.1 Å². The Balaban J connectivity index is 1.77. The third-order valence-electron chi connectivity index (χ3n) is 5.18. The van der Waals surface area contributed by atoms with E-state index in [0.29, 0.717) is 30.9 Å². The zero-order valence-electron chi connectivity index (χ0n) is 17.7. The molecule has 0 saturated carbocycles. The number of fused-ring (bicyclic) bond motifs is 1. The topological polar surface area (TPSA) is 107 Å². The minimum atomic E-state index is -0.489. The van der Waals surface area contributed by atoms with Gasteiger partial charge in [0.25, 0.3) is 5.91 Å².